The first-order valence-corrected chi connectivity index (χ1v) is 11.9. The summed E-state index contributed by atoms with van der Waals surface area (Å²) < 4.78 is 26.3. The molecule has 0 bridgehead atoms. The van der Waals surface area contributed by atoms with Crippen LogP contribution in [0.5, 0.6) is 0 Å². The predicted octanol–water partition coefficient (Wildman–Crippen LogP) is 6.02. The van der Waals surface area contributed by atoms with Gasteiger partial charge < -0.3 is 11.5 Å². The van der Waals surface area contributed by atoms with Crippen molar-refractivity contribution in [3.63, 3.8) is 0 Å². The molecule has 0 aliphatic rings. The van der Waals surface area contributed by atoms with Crippen LogP contribution in [0.1, 0.15) is 22.3 Å². The zero-order chi connectivity index (χ0) is 23.3. The summed E-state index contributed by atoms with van der Waals surface area (Å²) >= 11 is 0. The average Bonchev–Trinajstić information content (AvgIpc) is 2.83. The van der Waals surface area contributed by atoms with E-state index in [1.807, 2.05) is 85.0 Å². The van der Waals surface area contributed by atoms with E-state index in [1.54, 1.807) is 24.3 Å². The van der Waals surface area contributed by atoms with E-state index >= 15 is 0 Å². The molecule has 0 atom stereocenters. The van der Waals surface area contributed by atoms with E-state index in [-0.39, 0.29) is 9.79 Å². The van der Waals surface area contributed by atoms with E-state index in [2.05, 4.69) is 0 Å². The van der Waals surface area contributed by atoms with Crippen LogP contribution in [0.15, 0.2) is 107 Å². The first kappa shape index (κ1) is 22.1. The molecule has 0 spiro atoms. The zero-order valence-electron chi connectivity index (χ0n) is 17.9. The van der Waals surface area contributed by atoms with Gasteiger partial charge in [0.15, 0.2) is 0 Å². The molecular formula is C28H24N2O2S. The summed E-state index contributed by atoms with van der Waals surface area (Å²) in [7, 11) is -3.76. The van der Waals surface area contributed by atoms with Gasteiger partial charge in [0.1, 0.15) is 0 Å². The van der Waals surface area contributed by atoms with Crippen LogP contribution in [-0.2, 0) is 9.84 Å². The fourth-order valence-electron chi connectivity index (χ4n) is 3.38. The molecule has 4 N–H and O–H groups in total. The van der Waals surface area contributed by atoms with Gasteiger partial charge in [0, 0.05) is 11.4 Å². The summed E-state index contributed by atoms with van der Waals surface area (Å²) in [6.45, 7) is 0. The van der Waals surface area contributed by atoms with E-state index < -0.39 is 9.84 Å². The topological polar surface area (TPSA) is 86.2 Å². The average molecular weight is 453 g/mol. The smallest absolute Gasteiger partial charge is 0.206 e. The van der Waals surface area contributed by atoms with Crippen LogP contribution in [-0.4, -0.2) is 8.42 Å². The first-order valence-electron chi connectivity index (χ1n) is 10.4. The van der Waals surface area contributed by atoms with Gasteiger partial charge in [-0.2, -0.15) is 0 Å². The van der Waals surface area contributed by atoms with Gasteiger partial charge in [-0.1, -0.05) is 97.1 Å². The Balaban J connectivity index is 1.57. The molecular weight excluding hydrogens is 428 g/mol. The van der Waals surface area contributed by atoms with Gasteiger partial charge in [0.25, 0.3) is 0 Å². The molecule has 0 saturated heterocycles. The number of hydrogen-bond acceptors (Lipinski definition) is 4. The summed E-state index contributed by atoms with van der Waals surface area (Å²) in [6, 6.07) is 29.1. The highest BCUT2D eigenvalue weighted by Gasteiger charge is 2.19. The second kappa shape index (κ2) is 9.59. The van der Waals surface area contributed by atoms with Gasteiger partial charge in [0.05, 0.1) is 9.79 Å². The summed E-state index contributed by atoms with van der Waals surface area (Å²) in [5.74, 6) is 0. The number of anilines is 2. The van der Waals surface area contributed by atoms with Crippen molar-refractivity contribution in [3.8, 4) is 0 Å². The van der Waals surface area contributed by atoms with Crippen LogP contribution >= 0.6 is 0 Å². The standard InChI is InChI=1S/C28H24N2O2S/c29-27-19-25(17-15-23(27)13-11-21-7-3-1-4-8-21)33(31,32)26-18-16-24(28(30)20-26)14-12-22-9-5-2-6-10-22/h1-20H,29-30H2. The Morgan fingerprint density at radius 3 is 1.27 bits per heavy atom. The van der Waals surface area contributed by atoms with E-state index in [0.717, 1.165) is 22.3 Å². The molecule has 0 amide bonds. The molecule has 164 valence electrons. The highest BCUT2D eigenvalue weighted by molar-refractivity contribution is 7.91. The normalized spacial score (nSPS) is 11.9. The van der Waals surface area contributed by atoms with Crippen LogP contribution in [0, 0.1) is 0 Å². The summed E-state index contributed by atoms with van der Waals surface area (Å²) in [6.07, 6.45) is 7.60. The third-order valence-electron chi connectivity index (χ3n) is 5.25. The Labute approximate surface area is 194 Å². The number of benzene rings is 4. The lowest BCUT2D eigenvalue weighted by molar-refractivity contribution is 0.596. The molecule has 33 heavy (non-hydrogen) atoms. The molecule has 0 saturated carbocycles. The monoisotopic (exact) mass is 452 g/mol. The molecule has 0 aromatic heterocycles. The third kappa shape index (κ3) is 5.22. The number of nitrogens with two attached hydrogens (primary N) is 2. The molecule has 5 heteroatoms. The highest BCUT2D eigenvalue weighted by atomic mass is 32.2. The van der Waals surface area contributed by atoms with Gasteiger partial charge in [0.2, 0.25) is 9.84 Å². The van der Waals surface area contributed by atoms with Crippen LogP contribution in [0.2, 0.25) is 0 Å². The van der Waals surface area contributed by atoms with Crippen molar-refractivity contribution in [2.45, 2.75) is 9.79 Å². The maximum absolute atomic E-state index is 13.2. The maximum atomic E-state index is 13.2. The quantitative estimate of drug-likeness (QED) is 0.276. The largest absolute Gasteiger partial charge is 0.398 e. The molecule has 4 aromatic carbocycles. The Morgan fingerprint density at radius 1 is 0.515 bits per heavy atom. The van der Waals surface area contributed by atoms with Crippen molar-refractivity contribution in [1.82, 2.24) is 0 Å². The fraction of sp³-hybridized carbons (Fsp3) is 0. The van der Waals surface area contributed by atoms with Gasteiger partial charge >= 0.3 is 0 Å². The lowest BCUT2D eigenvalue weighted by atomic mass is 10.1. The molecule has 0 unspecified atom stereocenters. The van der Waals surface area contributed by atoms with Crippen LogP contribution < -0.4 is 11.5 Å². The SMILES string of the molecule is Nc1cc(S(=O)(=O)c2ccc(C=Cc3ccccc3)c(N)c2)ccc1C=Cc1ccccc1. The van der Waals surface area contributed by atoms with Crippen LogP contribution in [0.3, 0.4) is 0 Å². The molecule has 4 rings (SSSR count). The molecule has 0 aliphatic carbocycles. The minimum Gasteiger partial charge on any atom is -0.398 e. The van der Waals surface area contributed by atoms with Crippen LogP contribution in [0.25, 0.3) is 24.3 Å². The minimum absolute atomic E-state index is 0.129. The van der Waals surface area contributed by atoms with Crippen molar-refractivity contribution in [2.75, 3.05) is 11.5 Å². The van der Waals surface area contributed by atoms with Crippen molar-refractivity contribution in [1.29, 1.82) is 0 Å². The molecule has 4 nitrogen and oxygen atoms in total. The predicted molar refractivity (Wildman–Crippen MR) is 138 cm³/mol. The molecule has 4 aromatic rings. The van der Waals surface area contributed by atoms with Gasteiger partial charge in [-0.3, -0.25) is 0 Å². The van der Waals surface area contributed by atoms with Crippen molar-refractivity contribution in [3.05, 3.63) is 119 Å². The van der Waals surface area contributed by atoms with Crippen LogP contribution in [0.4, 0.5) is 11.4 Å². The first-order chi connectivity index (χ1) is 15.9. The van der Waals surface area contributed by atoms with E-state index in [9.17, 15) is 8.42 Å². The number of rotatable bonds is 6. The number of nitrogen functional groups attached to an aromatic ring is 2. The molecule has 0 aliphatic heterocycles. The lowest BCUT2D eigenvalue weighted by Crippen LogP contribution is -2.05. The lowest BCUT2D eigenvalue weighted by Gasteiger charge is -2.09. The molecule has 0 heterocycles. The molecule has 0 radical (unpaired) electrons. The Hall–Kier alpha value is -4.09. The zero-order valence-corrected chi connectivity index (χ0v) is 18.7. The molecule has 0 fully saturated rings. The Kier molecular flexibility index (Phi) is 6.43. The summed E-state index contributed by atoms with van der Waals surface area (Å²) in [5.41, 5.74) is 16.7. The fourth-order valence-corrected chi connectivity index (χ4v) is 4.71. The summed E-state index contributed by atoms with van der Waals surface area (Å²) in [5, 5.41) is 0. The Bertz CT molecular complexity index is 1320. The number of sulfone groups is 1. The van der Waals surface area contributed by atoms with E-state index in [4.69, 9.17) is 11.5 Å². The minimum atomic E-state index is -3.76. The van der Waals surface area contributed by atoms with Crippen molar-refractivity contribution < 1.29 is 8.42 Å². The maximum Gasteiger partial charge on any atom is 0.206 e. The second-order valence-electron chi connectivity index (χ2n) is 7.57. The van der Waals surface area contributed by atoms with Crippen molar-refractivity contribution in [2.24, 2.45) is 0 Å². The second-order valence-corrected chi connectivity index (χ2v) is 9.52. The Morgan fingerprint density at radius 2 is 0.909 bits per heavy atom. The van der Waals surface area contributed by atoms with E-state index in [0.29, 0.717) is 11.4 Å². The van der Waals surface area contributed by atoms with E-state index in [1.165, 1.54) is 12.1 Å². The third-order valence-corrected chi connectivity index (χ3v) is 7.00. The highest BCUT2D eigenvalue weighted by Crippen LogP contribution is 2.28. The summed E-state index contributed by atoms with van der Waals surface area (Å²) in [4.78, 5) is 0.257. The van der Waals surface area contributed by atoms with Gasteiger partial charge in [-0.05, 0) is 46.5 Å². The number of hydrogen-bond donors (Lipinski definition) is 2. The van der Waals surface area contributed by atoms with Gasteiger partial charge in [-0.15, -0.1) is 0 Å². The van der Waals surface area contributed by atoms with Gasteiger partial charge in [-0.25, -0.2) is 8.42 Å². The van der Waals surface area contributed by atoms with Crippen molar-refractivity contribution >= 4 is 45.5 Å².